The Bertz CT molecular complexity index is 491. The van der Waals surface area contributed by atoms with Gasteiger partial charge in [0.15, 0.2) is 0 Å². The Morgan fingerprint density at radius 3 is 2.78 bits per heavy atom. The van der Waals surface area contributed by atoms with Gasteiger partial charge in [0, 0.05) is 6.07 Å². The zero-order valence-electron chi connectivity index (χ0n) is 10.1. The van der Waals surface area contributed by atoms with Crippen molar-refractivity contribution in [2.75, 3.05) is 0 Å². The van der Waals surface area contributed by atoms with Crippen LogP contribution in [0.3, 0.4) is 0 Å². The van der Waals surface area contributed by atoms with Crippen molar-refractivity contribution in [3.05, 3.63) is 39.9 Å². The molecule has 1 N–H and O–H groups in total. The molecule has 1 amide bonds. The zero-order chi connectivity index (χ0) is 13.5. The van der Waals surface area contributed by atoms with Crippen LogP contribution in [0.25, 0.3) is 0 Å². The van der Waals surface area contributed by atoms with E-state index in [-0.39, 0.29) is 11.3 Å². The number of benzene rings is 1. The van der Waals surface area contributed by atoms with Gasteiger partial charge < -0.3 is 5.32 Å². The van der Waals surface area contributed by atoms with Crippen LogP contribution in [0, 0.1) is 22.5 Å². The maximum absolute atomic E-state index is 11.9. The fourth-order valence-electron chi connectivity index (χ4n) is 1.55. The summed E-state index contributed by atoms with van der Waals surface area (Å²) in [7, 11) is 0. The van der Waals surface area contributed by atoms with Crippen LogP contribution < -0.4 is 5.32 Å². The molecule has 0 aliphatic heterocycles. The van der Waals surface area contributed by atoms with Crippen LogP contribution in [-0.2, 0) is 0 Å². The summed E-state index contributed by atoms with van der Waals surface area (Å²) in [5.74, 6) is 1.94. The van der Waals surface area contributed by atoms with Gasteiger partial charge in [-0.3, -0.25) is 14.9 Å². The lowest BCUT2D eigenvalue weighted by atomic mass is 10.1. The molecule has 0 saturated carbocycles. The van der Waals surface area contributed by atoms with Gasteiger partial charge in [0.1, 0.15) is 5.56 Å². The summed E-state index contributed by atoms with van der Waals surface area (Å²) in [6, 6.07) is 5.39. The molecule has 1 aromatic rings. The molecule has 0 fully saturated rings. The van der Waals surface area contributed by atoms with Gasteiger partial charge in [0.2, 0.25) is 0 Å². The zero-order valence-corrected chi connectivity index (χ0v) is 10.1. The summed E-state index contributed by atoms with van der Waals surface area (Å²) in [6.45, 7) is 1.95. The SMILES string of the molecule is C#CC(CCC)NC(=O)c1ccccc1[N+](=O)[O-]. The highest BCUT2D eigenvalue weighted by molar-refractivity contribution is 5.98. The van der Waals surface area contributed by atoms with Crippen LogP contribution in [0.4, 0.5) is 5.69 Å². The van der Waals surface area contributed by atoms with E-state index in [1.54, 1.807) is 6.07 Å². The highest BCUT2D eigenvalue weighted by Crippen LogP contribution is 2.17. The highest BCUT2D eigenvalue weighted by atomic mass is 16.6. The molecule has 5 nitrogen and oxygen atoms in total. The highest BCUT2D eigenvalue weighted by Gasteiger charge is 2.20. The Morgan fingerprint density at radius 1 is 1.56 bits per heavy atom. The lowest BCUT2D eigenvalue weighted by molar-refractivity contribution is -0.385. The van der Waals surface area contributed by atoms with Crippen molar-refractivity contribution in [1.82, 2.24) is 5.32 Å². The minimum atomic E-state index is -0.584. The Labute approximate surface area is 105 Å². The molecule has 0 radical (unpaired) electrons. The molecule has 18 heavy (non-hydrogen) atoms. The van der Waals surface area contributed by atoms with E-state index in [4.69, 9.17) is 6.42 Å². The maximum atomic E-state index is 11.9. The van der Waals surface area contributed by atoms with Gasteiger partial charge in [0.05, 0.1) is 11.0 Å². The largest absolute Gasteiger partial charge is 0.338 e. The summed E-state index contributed by atoms with van der Waals surface area (Å²) in [5.41, 5.74) is -0.193. The van der Waals surface area contributed by atoms with Crippen molar-refractivity contribution in [3.8, 4) is 12.3 Å². The van der Waals surface area contributed by atoms with Crippen LogP contribution in [0.5, 0.6) is 0 Å². The van der Waals surface area contributed by atoms with Gasteiger partial charge >= 0.3 is 0 Å². The summed E-state index contributed by atoms with van der Waals surface area (Å²) in [6.07, 6.45) is 6.75. The summed E-state index contributed by atoms with van der Waals surface area (Å²) in [4.78, 5) is 22.1. The van der Waals surface area contributed by atoms with Crippen molar-refractivity contribution >= 4 is 11.6 Å². The molecule has 94 valence electrons. The van der Waals surface area contributed by atoms with Crippen molar-refractivity contribution in [3.63, 3.8) is 0 Å². The summed E-state index contributed by atoms with van der Waals surface area (Å²) < 4.78 is 0. The molecule has 0 aliphatic rings. The van der Waals surface area contributed by atoms with Gasteiger partial charge in [-0.2, -0.15) is 0 Å². The Balaban J connectivity index is 2.91. The van der Waals surface area contributed by atoms with E-state index in [1.807, 2.05) is 6.92 Å². The molecule has 5 heteroatoms. The quantitative estimate of drug-likeness (QED) is 0.491. The monoisotopic (exact) mass is 246 g/mol. The lowest BCUT2D eigenvalue weighted by Gasteiger charge is -2.11. The summed E-state index contributed by atoms with van der Waals surface area (Å²) >= 11 is 0. The predicted molar refractivity (Wildman–Crippen MR) is 68.1 cm³/mol. The number of rotatable bonds is 5. The number of hydrogen-bond acceptors (Lipinski definition) is 3. The first-order chi connectivity index (χ1) is 8.60. The van der Waals surface area contributed by atoms with Gasteiger partial charge in [-0.05, 0) is 12.5 Å². The third-order valence-electron chi connectivity index (χ3n) is 2.43. The third kappa shape index (κ3) is 3.32. The molecule has 0 aliphatic carbocycles. The molecule has 0 bridgehead atoms. The minimum absolute atomic E-state index is 0.0267. The van der Waals surface area contributed by atoms with Crippen molar-refractivity contribution in [2.45, 2.75) is 25.8 Å². The number of terminal acetylenes is 1. The maximum Gasteiger partial charge on any atom is 0.282 e. The minimum Gasteiger partial charge on any atom is -0.338 e. The number of amides is 1. The van der Waals surface area contributed by atoms with Gasteiger partial charge in [-0.15, -0.1) is 6.42 Å². The predicted octanol–water partition coefficient (Wildman–Crippen LogP) is 2.13. The number of hydrogen-bond donors (Lipinski definition) is 1. The molecule has 0 saturated heterocycles. The molecule has 0 aromatic heterocycles. The molecular weight excluding hydrogens is 232 g/mol. The van der Waals surface area contributed by atoms with Crippen LogP contribution in [0.15, 0.2) is 24.3 Å². The first-order valence-corrected chi connectivity index (χ1v) is 5.60. The average Bonchev–Trinajstić information content (AvgIpc) is 2.38. The molecule has 1 aromatic carbocycles. The number of carbonyl (C=O) groups excluding carboxylic acids is 1. The fourth-order valence-corrected chi connectivity index (χ4v) is 1.55. The van der Waals surface area contributed by atoms with E-state index in [0.29, 0.717) is 6.42 Å². The second kappa shape index (κ2) is 6.40. The second-order valence-corrected chi connectivity index (χ2v) is 3.76. The molecule has 1 unspecified atom stereocenters. The van der Waals surface area contributed by atoms with Gasteiger partial charge in [-0.1, -0.05) is 31.4 Å². The van der Waals surface area contributed by atoms with Gasteiger partial charge in [0.25, 0.3) is 11.6 Å². The van der Waals surface area contributed by atoms with E-state index in [2.05, 4.69) is 11.2 Å². The van der Waals surface area contributed by atoms with Crippen molar-refractivity contribution in [2.24, 2.45) is 0 Å². The van der Waals surface area contributed by atoms with E-state index in [1.165, 1.54) is 18.2 Å². The van der Waals surface area contributed by atoms with E-state index < -0.39 is 16.9 Å². The first-order valence-electron chi connectivity index (χ1n) is 5.60. The Hall–Kier alpha value is -2.35. The van der Waals surface area contributed by atoms with E-state index in [0.717, 1.165) is 6.42 Å². The van der Waals surface area contributed by atoms with E-state index in [9.17, 15) is 14.9 Å². The van der Waals surface area contributed by atoms with Crippen molar-refractivity contribution < 1.29 is 9.72 Å². The second-order valence-electron chi connectivity index (χ2n) is 3.76. The smallest absolute Gasteiger partial charge is 0.282 e. The van der Waals surface area contributed by atoms with Crippen LogP contribution in [-0.4, -0.2) is 16.9 Å². The Kier molecular flexibility index (Phi) is 4.88. The van der Waals surface area contributed by atoms with E-state index >= 15 is 0 Å². The van der Waals surface area contributed by atoms with Gasteiger partial charge in [-0.25, -0.2) is 0 Å². The van der Waals surface area contributed by atoms with Crippen LogP contribution in [0.1, 0.15) is 30.1 Å². The lowest BCUT2D eigenvalue weighted by Crippen LogP contribution is -2.33. The van der Waals surface area contributed by atoms with Crippen LogP contribution in [0.2, 0.25) is 0 Å². The normalized spacial score (nSPS) is 11.3. The van der Waals surface area contributed by atoms with Crippen LogP contribution >= 0.6 is 0 Å². The molecule has 1 atom stereocenters. The fraction of sp³-hybridized carbons (Fsp3) is 0.308. The third-order valence-corrected chi connectivity index (χ3v) is 2.43. The number of nitro benzene ring substituents is 1. The molecule has 0 heterocycles. The first kappa shape index (κ1) is 13.7. The molecular formula is C13H14N2O3. The number of nitrogens with zero attached hydrogens (tertiary/aromatic N) is 1. The molecule has 1 rings (SSSR count). The summed E-state index contributed by atoms with van der Waals surface area (Å²) in [5, 5.41) is 13.4. The number of nitrogens with one attached hydrogen (secondary N) is 1. The molecule has 0 spiro atoms. The standard InChI is InChI=1S/C13H14N2O3/c1-3-7-10(4-2)14-13(16)11-8-5-6-9-12(11)15(17)18/h2,5-6,8-10H,3,7H2,1H3,(H,14,16). The average molecular weight is 246 g/mol. The number of nitro groups is 1. The van der Waals surface area contributed by atoms with Crippen molar-refractivity contribution in [1.29, 1.82) is 0 Å². The number of para-hydroxylation sites is 1. The topological polar surface area (TPSA) is 72.2 Å². The number of carbonyl (C=O) groups is 1. The Morgan fingerprint density at radius 2 is 2.22 bits per heavy atom.